The SMILES string of the molecule is COc1cccc(C(=O)N(CCN2CCOCC2)C[C@@H]2CN(C(=O)Nc3ccccc3)CCO2)c1. The number of hydrogen-bond acceptors (Lipinski definition) is 6. The van der Waals surface area contributed by atoms with Crippen LogP contribution in [0, 0.1) is 0 Å². The summed E-state index contributed by atoms with van der Waals surface area (Å²) in [7, 11) is 1.59. The molecule has 2 aliphatic rings. The molecule has 9 heteroatoms. The third-order valence-electron chi connectivity index (χ3n) is 6.27. The van der Waals surface area contributed by atoms with Gasteiger partial charge in [-0.05, 0) is 30.3 Å². The van der Waals surface area contributed by atoms with Crippen molar-refractivity contribution in [2.75, 3.05) is 78.1 Å². The van der Waals surface area contributed by atoms with Gasteiger partial charge >= 0.3 is 6.03 Å². The van der Waals surface area contributed by atoms with E-state index in [9.17, 15) is 9.59 Å². The number of benzene rings is 2. The summed E-state index contributed by atoms with van der Waals surface area (Å²) < 4.78 is 16.7. The van der Waals surface area contributed by atoms with E-state index in [1.54, 1.807) is 24.1 Å². The molecule has 0 aliphatic carbocycles. The molecule has 2 aliphatic heterocycles. The minimum absolute atomic E-state index is 0.0772. The van der Waals surface area contributed by atoms with Gasteiger partial charge in [0, 0.05) is 50.5 Å². The fourth-order valence-electron chi connectivity index (χ4n) is 4.29. The second kappa shape index (κ2) is 12.5. The molecule has 188 valence electrons. The second-order valence-corrected chi connectivity index (χ2v) is 8.67. The highest BCUT2D eigenvalue weighted by molar-refractivity contribution is 5.94. The Morgan fingerprint density at radius 1 is 1.06 bits per heavy atom. The Labute approximate surface area is 206 Å². The van der Waals surface area contributed by atoms with Crippen molar-refractivity contribution >= 4 is 17.6 Å². The Hall–Kier alpha value is -3.14. The average Bonchev–Trinajstić information content (AvgIpc) is 2.92. The van der Waals surface area contributed by atoms with E-state index in [-0.39, 0.29) is 18.0 Å². The van der Waals surface area contributed by atoms with Gasteiger partial charge in [0.1, 0.15) is 5.75 Å². The molecule has 0 unspecified atom stereocenters. The third kappa shape index (κ3) is 7.17. The van der Waals surface area contributed by atoms with Crippen molar-refractivity contribution < 1.29 is 23.8 Å². The number of urea groups is 1. The van der Waals surface area contributed by atoms with Crippen LogP contribution in [0.5, 0.6) is 5.75 Å². The standard InChI is InChI=1S/C26H34N4O5/c1-33-23-9-5-6-21(18-23)25(31)29(11-10-28-12-15-34-16-13-28)19-24-20-30(14-17-35-24)26(32)27-22-7-3-2-4-8-22/h2-9,18,24H,10-17,19-20H2,1H3,(H,27,32)/t24-/m1/s1. The van der Waals surface area contributed by atoms with Crippen molar-refractivity contribution in [2.45, 2.75) is 6.10 Å². The van der Waals surface area contributed by atoms with E-state index in [0.717, 1.165) is 25.3 Å². The zero-order valence-corrected chi connectivity index (χ0v) is 20.2. The van der Waals surface area contributed by atoms with Crippen LogP contribution in [-0.4, -0.2) is 105 Å². The van der Waals surface area contributed by atoms with Gasteiger partial charge in [-0.2, -0.15) is 0 Å². The zero-order valence-electron chi connectivity index (χ0n) is 20.2. The highest BCUT2D eigenvalue weighted by Gasteiger charge is 2.28. The zero-order chi connectivity index (χ0) is 24.5. The van der Waals surface area contributed by atoms with Crippen LogP contribution in [-0.2, 0) is 9.47 Å². The Morgan fingerprint density at radius 2 is 1.86 bits per heavy atom. The maximum Gasteiger partial charge on any atom is 0.322 e. The van der Waals surface area contributed by atoms with Crippen molar-refractivity contribution in [3.05, 3.63) is 60.2 Å². The van der Waals surface area contributed by atoms with E-state index in [1.807, 2.05) is 47.4 Å². The first-order valence-corrected chi connectivity index (χ1v) is 12.1. The number of para-hydroxylation sites is 1. The number of anilines is 1. The number of morpholine rings is 2. The van der Waals surface area contributed by atoms with Crippen LogP contribution in [0.3, 0.4) is 0 Å². The number of hydrogen-bond donors (Lipinski definition) is 1. The summed E-state index contributed by atoms with van der Waals surface area (Å²) in [6.07, 6.45) is -0.274. The molecule has 0 bridgehead atoms. The lowest BCUT2D eigenvalue weighted by atomic mass is 10.1. The van der Waals surface area contributed by atoms with Crippen LogP contribution < -0.4 is 10.1 Å². The molecular formula is C26H34N4O5. The third-order valence-corrected chi connectivity index (χ3v) is 6.27. The number of nitrogens with zero attached hydrogens (tertiary/aromatic N) is 3. The molecular weight excluding hydrogens is 448 g/mol. The lowest BCUT2D eigenvalue weighted by Crippen LogP contribution is -2.52. The molecule has 4 rings (SSSR count). The molecule has 2 heterocycles. The number of methoxy groups -OCH3 is 1. The van der Waals surface area contributed by atoms with Gasteiger partial charge in [-0.1, -0.05) is 24.3 Å². The van der Waals surface area contributed by atoms with Crippen LogP contribution in [0.25, 0.3) is 0 Å². The fraction of sp³-hybridized carbons (Fsp3) is 0.462. The van der Waals surface area contributed by atoms with Crippen molar-refractivity contribution in [3.8, 4) is 5.75 Å². The lowest BCUT2D eigenvalue weighted by molar-refractivity contribution is -0.0282. The van der Waals surface area contributed by atoms with Crippen LogP contribution in [0.15, 0.2) is 54.6 Å². The summed E-state index contributed by atoms with van der Waals surface area (Å²) in [5.74, 6) is 0.563. The van der Waals surface area contributed by atoms with E-state index < -0.39 is 0 Å². The second-order valence-electron chi connectivity index (χ2n) is 8.67. The molecule has 0 radical (unpaired) electrons. The van der Waals surface area contributed by atoms with Crippen molar-refractivity contribution in [3.63, 3.8) is 0 Å². The molecule has 1 atom stereocenters. The summed E-state index contributed by atoms with van der Waals surface area (Å²) in [5, 5.41) is 2.93. The molecule has 2 aromatic rings. The molecule has 9 nitrogen and oxygen atoms in total. The van der Waals surface area contributed by atoms with Gasteiger partial charge in [-0.3, -0.25) is 9.69 Å². The van der Waals surface area contributed by atoms with Gasteiger partial charge in [0.2, 0.25) is 0 Å². The monoisotopic (exact) mass is 482 g/mol. The molecule has 0 aromatic heterocycles. The number of nitrogens with one attached hydrogen (secondary N) is 1. The number of carbonyl (C=O) groups is 2. The summed E-state index contributed by atoms with van der Waals surface area (Å²) >= 11 is 0. The molecule has 3 amide bonds. The summed E-state index contributed by atoms with van der Waals surface area (Å²) in [6.45, 7) is 6.19. The first-order chi connectivity index (χ1) is 17.1. The van der Waals surface area contributed by atoms with E-state index in [1.165, 1.54) is 0 Å². The predicted octanol–water partition coefficient (Wildman–Crippen LogP) is 2.40. The van der Waals surface area contributed by atoms with Crippen LogP contribution in [0.1, 0.15) is 10.4 Å². The summed E-state index contributed by atoms with van der Waals surface area (Å²) in [5.41, 5.74) is 1.32. The molecule has 1 N–H and O–H groups in total. The van der Waals surface area contributed by atoms with Crippen LogP contribution >= 0.6 is 0 Å². The Kier molecular flexibility index (Phi) is 8.94. The Balaban J connectivity index is 1.41. The van der Waals surface area contributed by atoms with Gasteiger partial charge in [-0.25, -0.2) is 4.79 Å². The number of ether oxygens (including phenoxy) is 3. The summed E-state index contributed by atoms with van der Waals surface area (Å²) in [4.78, 5) is 32.2. The van der Waals surface area contributed by atoms with E-state index in [4.69, 9.17) is 14.2 Å². The van der Waals surface area contributed by atoms with E-state index >= 15 is 0 Å². The maximum atomic E-state index is 13.5. The maximum absolute atomic E-state index is 13.5. The van der Waals surface area contributed by atoms with Crippen molar-refractivity contribution in [1.82, 2.24) is 14.7 Å². The quantitative estimate of drug-likeness (QED) is 0.622. The van der Waals surface area contributed by atoms with Gasteiger partial charge in [-0.15, -0.1) is 0 Å². The molecule has 0 spiro atoms. The molecule has 2 fully saturated rings. The number of amides is 3. The van der Waals surface area contributed by atoms with Crippen molar-refractivity contribution in [2.24, 2.45) is 0 Å². The largest absolute Gasteiger partial charge is 0.497 e. The average molecular weight is 483 g/mol. The predicted molar refractivity (Wildman–Crippen MR) is 133 cm³/mol. The Morgan fingerprint density at radius 3 is 2.63 bits per heavy atom. The number of carbonyl (C=O) groups excluding carboxylic acids is 2. The van der Waals surface area contributed by atoms with Crippen LogP contribution in [0.2, 0.25) is 0 Å². The first-order valence-electron chi connectivity index (χ1n) is 12.1. The van der Waals surface area contributed by atoms with Crippen molar-refractivity contribution in [1.29, 1.82) is 0 Å². The topological polar surface area (TPSA) is 83.6 Å². The molecule has 2 aromatic carbocycles. The highest BCUT2D eigenvalue weighted by Crippen LogP contribution is 2.17. The summed E-state index contributed by atoms with van der Waals surface area (Å²) in [6, 6.07) is 16.4. The minimum Gasteiger partial charge on any atom is -0.497 e. The minimum atomic E-state index is -0.274. The normalized spacial score (nSPS) is 18.7. The molecule has 0 saturated carbocycles. The van der Waals surface area contributed by atoms with E-state index in [2.05, 4.69) is 10.2 Å². The fourth-order valence-corrected chi connectivity index (χ4v) is 4.29. The number of rotatable bonds is 8. The highest BCUT2D eigenvalue weighted by atomic mass is 16.5. The van der Waals surface area contributed by atoms with Gasteiger partial charge < -0.3 is 29.3 Å². The Bertz CT molecular complexity index is 967. The molecule has 35 heavy (non-hydrogen) atoms. The van der Waals surface area contributed by atoms with Gasteiger partial charge in [0.05, 0.1) is 39.6 Å². The van der Waals surface area contributed by atoms with Crippen LogP contribution in [0.4, 0.5) is 10.5 Å². The smallest absolute Gasteiger partial charge is 0.322 e. The van der Waals surface area contributed by atoms with Gasteiger partial charge in [0.15, 0.2) is 0 Å². The molecule has 2 saturated heterocycles. The lowest BCUT2D eigenvalue weighted by Gasteiger charge is -2.36. The van der Waals surface area contributed by atoms with E-state index in [0.29, 0.717) is 57.3 Å². The van der Waals surface area contributed by atoms with Gasteiger partial charge in [0.25, 0.3) is 5.91 Å². The first kappa shape index (κ1) is 25.0.